The molecule has 3 aliphatic heterocycles. The van der Waals surface area contributed by atoms with Crippen LogP contribution >= 0.6 is 7.60 Å². The number of benzene rings is 2. The molecular weight excluding hydrogens is 386 g/mol. The number of halogens is 1. The van der Waals surface area contributed by atoms with Crippen molar-refractivity contribution in [1.82, 2.24) is 0 Å². The Balaban J connectivity index is 1.55. The second-order valence-electron chi connectivity index (χ2n) is 7.55. The van der Waals surface area contributed by atoms with Crippen LogP contribution in [0, 0.1) is 5.82 Å². The highest BCUT2D eigenvalue weighted by molar-refractivity contribution is 7.62. The highest BCUT2D eigenvalue weighted by atomic mass is 31.2. The smallest absolute Gasteiger partial charge is 0.341 e. The lowest BCUT2D eigenvalue weighted by Crippen LogP contribution is -2.44. The Morgan fingerprint density at radius 3 is 2.32 bits per heavy atom. The van der Waals surface area contributed by atoms with Crippen LogP contribution in [-0.4, -0.2) is 30.4 Å². The van der Waals surface area contributed by atoms with Crippen molar-refractivity contribution in [1.29, 1.82) is 0 Å². The summed E-state index contributed by atoms with van der Waals surface area (Å²) in [6.45, 7) is 3.58. The maximum Gasteiger partial charge on any atom is 0.362 e. The maximum atomic E-state index is 13.7. The molecule has 0 N–H and O–H groups in total. The van der Waals surface area contributed by atoms with Crippen molar-refractivity contribution in [3.63, 3.8) is 0 Å². The molecule has 6 atom stereocenters. The van der Waals surface area contributed by atoms with Gasteiger partial charge < -0.3 is 14.2 Å². The normalized spacial score (nSPS) is 38.8. The van der Waals surface area contributed by atoms with Crippen LogP contribution in [0.15, 0.2) is 54.6 Å². The third-order valence-electron chi connectivity index (χ3n) is 5.11. The second-order valence-corrected chi connectivity index (χ2v) is 9.48. The summed E-state index contributed by atoms with van der Waals surface area (Å²) in [5.41, 5.74) is 0.648. The van der Waals surface area contributed by atoms with E-state index in [4.69, 9.17) is 23.3 Å². The summed E-state index contributed by atoms with van der Waals surface area (Å²) in [7, 11) is -3.67. The first kappa shape index (κ1) is 18.4. The lowest BCUT2D eigenvalue weighted by atomic mass is 9.99. The first-order valence-electron chi connectivity index (χ1n) is 9.14. The molecule has 3 saturated heterocycles. The van der Waals surface area contributed by atoms with Crippen molar-refractivity contribution in [2.24, 2.45) is 0 Å². The standard InChI is InChI=1S/C20H20FO6P/c1-20(2)24-18-17-16(23-19(18)25-20)15(12-8-10-13(21)11-9-12)26-28(22,27-17)14-6-4-3-5-7-14/h3-11,15-19H,1-2H3/t15-,16-,17+,18-,19-,28?/m1/s1. The molecule has 28 heavy (non-hydrogen) atoms. The second kappa shape index (κ2) is 6.46. The van der Waals surface area contributed by atoms with Gasteiger partial charge in [0.25, 0.3) is 0 Å². The molecule has 0 aliphatic carbocycles. The van der Waals surface area contributed by atoms with E-state index in [9.17, 15) is 8.96 Å². The van der Waals surface area contributed by atoms with Crippen molar-refractivity contribution in [2.45, 2.75) is 50.3 Å². The minimum Gasteiger partial charge on any atom is -0.341 e. The molecule has 0 radical (unpaired) electrons. The fourth-order valence-electron chi connectivity index (χ4n) is 3.90. The molecule has 6 nitrogen and oxygen atoms in total. The molecule has 3 fully saturated rings. The van der Waals surface area contributed by atoms with Gasteiger partial charge in [0.1, 0.15) is 30.2 Å². The largest absolute Gasteiger partial charge is 0.362 e. The third kappa shape index (κ3) is 3.03. The Labute approximate surface area is 162 Å². The van der Waals surface area contributed by atoms with Gasteiger partial charge in [-0.1, -0.05) is 30.3 Å². The van der Waals surface area contributed by atoms with E-state index in [-0.39, 0.29) is 5.82 Å². The fraction of sp³-hybridized carbons (Fsp3) is 0.400. The summed E-state index contributed by atoms with van der Waals surface area (Å²) in [5, 5.41) is 0.446. The summed E-state index contributed by atoms with van der Waals surface area (Å²) in [4.78, 5) is 0. The van der Waals surface area contributed by atoms with E-state index in [1.807, 2.05) is 6.07 Å². The molecular formula is C20H20FO6P. The summed E-state index contributed by atoms with van der Waals surface area (Å²) >= 11 is 0. The Bertz CT molecular complexity index is 918. The molecule has 5 rings (SSSR count). The average molecular weight is 406 g/mol. The predicted octanol–water partition coefficient (Wildman–Crippen LogP) is 3.68. The molecule has 3 aliphatic rings. The van der Waals surface area contributed by atoms with Crippen molar-refractivity contribution in [3.05, 3.63) is 66.0 Å². The van der Waals surface area contributed by atoms with Crippen LogP contribution in [-0.2, 0) is 27.8 Å². The van der Waals surface area contributed by atoms with E-state index in [2.05, 4.69) is 0 Å². The van der Waals surface area contributed by atoms with Gasteiger partial charge in [0.15, 0.2) is 12.1 Å². The van der Waals surface area contributed by atoms with E-state index in [1.165, 1.54) is 12.1 Å². The first-order chi connectivity index (χ1) is 13.3. The first-order valence-corrected chi connectivity index (χ1v) is 10.7. The van der Waals surface area contributed by atoms with Crippen molar-refractivity contribution in [3.8, 4) is 0 Å². The van der Waals surface area contributed by atoms with Gasteiger partial charge in [-0.25, -0.2) is 4.39 Å². The fourth-order valence-corrected chi connectivity index (χ4v) is 5.83. The van der Waals surface area contributed by atoms with Crippen LogP contribution in [0.25, 0.3) is 0 Å². The molecule has 0 amide bonds. The topological polar surface area (TPSA) is 63.2 Å². The van der Waals surface area contributed by atoms with Gasteiger partial charge >= 0.3 is 7.60 Å². The van der Waals surface area contributed by atoms with Gasteiger partial charge in [0, 0.05) is 0 Å². The van der Waals surface area contributed by atoms with Gasteiger partial charge in [-0.15, -0.1) is 0 Å². The quantitative estimate of drug-likeness (QED) is 0.709. The summed E-state index contributed by atoms with van der Waals surface area (Å²) < 4.78 is 56.9. The van der Waals surface area contributed by atoms with E-state index in [0.717, 1.165) is 0 Å². The van der Waals surface area contributed by atoms with Crippen LogP contribution in [0.1, 0.15) is 25.5 Å². The molecule has 0 spiro atoms. The Morgan fingerprint density at radius 2 is 1.61 bits per heavy atom. The Morgan fingerprint density at radius 1 is 0.893 bits per heavy atom. The number of ether oxygens (including phenoxy) is 3. The molecule has 0 bridgehead atoms. The van der Waals surface area contributed by atoms with Crippen LogP contribution in [0.2, 0.25) is 0 Å². The Hall–Kier alpha value is -1.60. The molecule has 2 aromatic rings. The minimum absolute atomic E-state index is 0.365. The minimum atomic E-state index is -3.67. The highest BCUT2D eigenvalue weighted by Gasteiger charge is 2.62. The van der Waals surface area contributed by atoms with E-state index >= 15 is 0 Å². The molecule has 0 aromatic heterocycles. The summed E-state index contributed by atoms with van der Waals surface area (Å²) in [6, 6.07) is 14.6. The zero-order chi connectivity index (χ0) is 19.5. The zero-order valence-corrected chi connectivity index (χ0v) is 16.3. The molecule has 3 heterocycles. The zero-order valence-electron chi connectivity index (χ0n) is 15.4. The van der Waals surface area contributed by atoms with Crippen molar-refractivity contribution in [2.75, 3.05) is 0 Å². The SMILES string of the molecule is CC1(C)O[C@H]2O[C@H]3[C@H](OP(=O)(c4ccccc4)O[C@@H]3c3ccc(F)cc3)[C@H]2O1. The third-order valence-corrected chi connectivity index (χ3v) is 7.07. The van der Waals surface area contributed by atoms with E-state index in [1.54, 1.807) is 50.2 Å². The molecule has 0 saturated carbocycles. The van der Waals surface area contributed by atoms with E-state index < -0.39 is 44.1 Å². The number of rotatable bonds is 2. The van der Waals surface area contributed by atoms with Crippen LogP contribution in [0.5, 0.6) is 0 Å². The Kier molecular flexibility index (Phi) is 4.25. The molecule has 2 aromatic carbocycles. The van der Waals surface area contributed by atoms with Gasteiger partial charge in [0.2, 0.25) is 0 Å². The highest BCUT2D eigenvalue weighted by Crippen LogP contribution is 2.61. The lowest BCUT2D eigenvalue weighted by Gasteiger charge is -2.39. The average Bonchev–Trinajstić information content (AvgIpc) is 3.15. The van der Waals surface area contributed by atoms with E-state index in [0.29, 0.717) is 10.9 Å². The van der Waals surface area contributed by atoms with Crippen LogP contribution in [0.3, 0.4) is 0 Å². The van der Waals surface area contributed by atoms with Crippen molar-refractivity contribution < 1.29 is 32.2 Å². The monoisotopic (exact) mass is 406 g/mol. The summed E-state index contributed by atoms with van der Waals surface area (Å²) in [5.74, 6) is -1.19. The maximum absolute atomic E-state index is 13.7. The van der Waals surface area contributed by atoms with Crippen molar-refractivity contribution >= 4 is 12.9 Å². The van der Waals surface area contributed by atoms with Crippen LogP contribution in [0.4, 0.5) is 4.39 Å². The molecule has 148 valence electrons. The number of hydrogen-bond acceptors (Lipinski definition) is 6. The molecule has 1 unspecified atom stereocenters. The van der Waals surface area contributed by atoms with Gasteiger partial charge in [-0.3, -0.25) is 13.6 Å². The van der Waals surface area contributed by atoms with Gasteiger partial charge in [-0.2, -0.15) is 0 Å². The van der Waals surface area contributed by atoms with Crippen LogP contribution < -0.4 is 5.30 Å². The lowest BCUT2D eigenvalue weighted by molar-refractivity contribution is -0.229. The van der Waals surface area contributed by atoms with Gasteiger partial charge in [-0.05, 0) is 43.7 Å². The summed E-state index contributed by atoms with van der Waals surface area (Å²) in [6.07, 6.45) is -3.15. The number of hydrogen-bond donors (Lipinski definition) is 0. The molecule has 8 heteroatoms. The number of fused-ring (bicyclic) bond motifs is 3. The predicted molar refractivity (Wildman–Crippen MR) is 97.5 cm³/mol. The van der Waals surface area contributed by atoms with Gasteiger partial charge in [0.05, 0.1) is 5.30 Å².